The summed E-state index contributed by atoms with van der Waals surface area (Å²) in [5, 5.41) is 2.32. The van der Waals surface area contributed by atoms with Crippen molar-refractivity contribution in [3.05, 3.63) is 54.3 Å². The standard InChI is InChI=1S/C15H13F4NO4S2/c16-11-6-7-13(14(10-11)26(23,24)15(17,18)19)20-8-9-25(21,22)12-4-2-1-3-5-12/h1-7,10,20H,8-9H2. The van der Waals surface area contributed by atoms with Crippen molar-refractivity contribution in [3.63, 3.8) is 0 Å². The molecule has 2 aromatic rings. The minimum atomic E-state index is -5.80. The van der Waals surface area contributed by atoms with Crippen molar-refractivity contribution in [3.8, 4) is 0 Å². The predicted molar refractivity (Wildman–Crippen MR) is 86.6 cm³/mol. The van der Waals surface area contributed by atoms with E-state index >= 15 is 0 Å². The van der Waals surface area contributed by atoms with Gasteiger partial charge in [0.1, 0.15) is 10.7 Å². The van der Waals surface area contributed by atoms with Gasteiger partial charge >= 0.3 is 5.51 Å². The van der Waals surface area contributed by atoms with Gasteiger partial charge in [0.15, 0.2) is 9.84 Å². The van der Waals surface area contributed by atoms with E-state index in [-0.39, 0.29) is 17.5 Å². The number of hydrogen-bond acceptors (Lipinski definition) is 5. The summed E-state index contributed by atoms with van der Waals surface area (Å²) in [6.07, 6.45) is 0. The minimum Gasteiger partial charge on any atom is -0.383 e. The van der Waals surface area contributed by atoms with Gasteiger partial charge in [-0.1, -0.05) is 18.2 Å². The van der Waals surface area contributed by atoms with E-state index in [2.05, 4.69) is 5.32 Å². The second-order valence-electron chi connectivity index (χ2n) is 5.15. The maximum Gasteiger partial charge on any atom is 0.501 e. The summed E-state index contributed by atoms with van der Waals surface area (Å²) in [5.74, 6) is -1.67. The Morgan fingerprint density at radius 2 is 1.54 bits per heavy atom. The van der Waals surface area contributed by atoms with Crippen LogP contribution in [0.3, 0.4) is 0 Å². The number of rotatable bonds is 6. The molecule has 0 saturated heterocycles. The molecule has 0 aliphatic carbocycles. The molecule has 2 aromatic carbocycles. The van der Waals surface area contributed by atoms with Crippen LogP contribution in [0.15, 0.2) is 58.3 Å². The van der Waals surface area contributed by atoms with Gasteiger partial charge in [-0.25, -0.2) is 21.2 Å². The van der Waals surface area contributed by atoms with Crippen LogP contribution in [0.25, 0.3) is 0 Å². The molecule has 0 bridgehead atoms. The van der Waals surface area contributed by atoms with E-state index in [1.54, 1.807) is 6.07 Å². The third-order valence-corrected chi connectivity index (χ3v) is 6.58. The first-order valence-electron chi connectivity index (χ1n) is 7.08. The highest BCUT2D eigenvalue weighted by molar-refractivity contribution is 7.92. The molecule has 0 fully saturated rings. The fourth-order valence-corrected chi connectivity index (χ4v) is 4.18. The number of sulfone groups is 2. The third kappa shape index (κ3) is 4.33. The molecule has 1 N–H and O–H groups in total. The van der Waals surface area contributed by atoms with Crippen LogP contribution in [0.4, 0.5) is 23.2 Å². The van der Waals surface area contributed by atoms with E-state index in [1.807, 2.05) is 0 Å². The summed E-state index contributed by atoms with van der Waals surface area (Å²) in [5.41, 5.74) is -6.15. The first-order chi connectivity index (χ1) is 11.9. The molecule has 0 aliphatic heterocycles. The Kier molecular flexibility index (Phi) is 5.61. The maximum absolute atomic E-state index is 13.2. The van der Waals surface area contributed by atoms with Crippen molar-refractivity contribution in [2.24, 2.45) is 0 Å². The summed E-state index contributed by atoms with van der Waals surface area (Å²) >= 11 is 0. The van der Waals surface area contributed by atoms with Gasteiger partial charge in [0, 0.05) is 6.54 Å². The summed E-state index contributed by atoms with van der Waals surface area (Å²) in [6, 6.07) is 9.15. The topological polar surface area (TPSA) is 80.3 Å². The lowest BCUT2D eigenvalue weighted by Gasteiger charge is -2.14. The highest BCUT2D eigenvalue weighted by atomic mass is 32.2. The number of alkyl halides is 3. The Bertz CT molecular complexity index is 988. The van der Waals surface area contributed by atoms with Crippen LogP contribution in [0, 0.1) is 5.82 Å². The molecule has 0 radical (unpaired) electrons. The molecule has 0 spiro atoms. The van der Waals surface area contributed by atoms with Crippen LogP contribution in [-0.4, -0.2) is 34.6 Å². The SMILES string of the molecule is O=S(=O)(CCNc1ccc(F)cc1S(=O)(=O)C(F)(F)F)c1ccccc1. The molecule has 0 aromatic heterocycles. The van der Waals surface area contributed by atoms with Crippen LogP contribution in [0.5, 0.6) is 0 Å². The first kappa shape index (κ1) is 20.2. The molecule has 0 atom stereocenters. The molecule has 0 saturated carbocycles. The van der Waals surface area contributed by atoms with Crippen molar-refractivity contribution < 1.29 is 34.4 Å². The summed E-state index contributed by atoms with van der Waals surface area (Å²) in [6.45, 7) is -0.372. The highest BCUT2D eigenvalue weighted by Crippen LogP contribution is 2.34. The summed E-state index contributed by atoms with van der Waals surface area (Å²) < 4.78 is 98.8. The smallest absolute Gasteiger partial charge is 0.383 e. The number of anilines is 1. The quantitative estimate of drug-likeness (QED) is 0.740. The van der Waals surface area contributed by atoms with Crippen molar-refractivity contribution in [2.45, 2.75) is 15.3 Å². The first-order valence-corrected chi connectivity index (χ1v) is 10.2. The molecular formula is C15H13F4NO4S2. The molecular weight excluding hydrogens is 398 g/mol. The van der Waals surface area contributed by atoms with Crippen molar-refractivity contribution >= 4 is 25.4 Å². The Morgan fingerprint density at radius 3 is 2.12 bits per heavy atom. The van der Waals surface area contributed by atoms with Gasteiger partial charge < -0.3 is 5.32 Å². The van der Waals surface area contributed by atoms with Gasteiger partial charge in [-0.05, 0) is 30.3 Å². The largest absolute Gasteiger partial charge is 0.501 e. The molecule has 142 valence electrons. The normalized spacial score (nSPS) is 12.8. The predicted octanol–water partition coefficient (Wildman–Crippen LogP) is 3.01. The van der Waals surface area contributed by atoms with Crippen LogP contribution >= 0.6 is 0 Å². The molecule has 0 unspecified atom stereocenters. The van der Waals surface area contributed by atoms with Crippen LogP contribution in [0.2, 0.25) is 0 Å². The summed E-state index contributed by atoms with van der Waals surface area (Å²) in [4.78, 5) is -1.29. The van der Waals surface area contributed by atoms with E-state index in [4.69, 9.17) is 0 Å². The maximum atomic E-state index is 13.2. The minimum absolute atomic E-state index is 0.0176. The molecule has 0 aliphatic rings. The number of halogens is 4. The number of nitrogens with one attached hydrogen (secondary N) is 1. The molecule has 2 rings (SSSR count). The van der Waals surface area contributed by atoms with Gasteiger partial charge in [-0.2, -0.15) is 13.2 Å². The Morgan fingerprint density at radius 1 is 0.923 bits per heavy atom. The lowest BCUT2D eigenvalue weighted by molar-refractivity contribution is -0.0435. The van der Waals surface area contributed by atoms with Crippen molar-refractivity contribution in [1.82, 2.24) is 0 Å². The average molecular weight is 411 g/mol. The van der Waals surface area contributed by atoms with Crippen LogP contribution < -0.4 is 5.32 Å². The number of benzene rings is 2. The monoisotopic (exact) mass is 411 g/mol. The van der Waals surface area contributed by atoms with Gasteiger partial charge in [-0.15, -0.1) is 0 Å². The van der Waals surface area contributed by atoms with Gasteiger partial charge in [0.05, 0.1) is 16.3 Å². The Hall–Kier alpha value is -2.14. The highest BCUT2D eigenvalue weighted by Gasteiger charge is 2.48. The van der Waals surface area contributed by atoms with Gasteiger partial charge in [0.2, 0.25) is 0 Å². The number of hydrogen-bond donors (Lipinski definition) is 1. The summed E-state index contributed by atoms with van der Waals surface area (Å²) in [7, 11) is -9.52. The molecule has 11 heteroatoms. The third-order valence-electron chi connectivity index (χ3n) is 3.33. The van der Waals surface area contributed by atoms with Crippen LogP contribution in [-0.2, 0) is 19.7 Å². The molecule has 26 heavy (non-hydrogen) atoms. The van der Waals surface area contributed by atoms with Crippen molar-refractivity contribution in [2.75, 3.05) is 17.6 Å². The fourth-order valence-electron chi connectivity index (χ4n) is 2.05. The van der Waals surface area contributed by atoms with Crippen LogP contribution in [0.1, 0.15) is 0 Å². The van der Waals surface area contributed by atoms with Crippen molar-refractivity contribution in [1.29, 1.82) is 0 Å². The van der Waals surface area contributed by atoms with Gasteiger partial charge in [0.25, 0.3) is 9.84 Å². The lowest BCUT2D eigenvalue weighted by Crippen LogP contribution is -2.25. The zero-order chi connectivity index (χ0) is 19.6. The van der Waals surface area contributed by atoms with E-state index in [1.165, 1.54) is 24.3 Å². The second kappa shape index (κ2) is 7.23. The molecule has 0 amide bonds. The zero-order valence-corrected chi connectivity index (χ0v) is 14.6. The molecule has 0 heterocycles. The average Bonchev–Trinajstić information content (AvgIpc) is 2.55. The Balaban J connectivity index is 2.24. The van der Waals surface area contributed by atoms with E-state index in [0.717, 1.165) is 12.1 Å². The van der Waals surface area contributed by atoms with E-state index in [9.17, 15) is 34.4 Å². The fraction of sp³-hybridized carbons (Fsp3) is 0.200. The van der Waals surface area contributed by atoms with E-state index < -0.39 is 47.3 Å². The van der Waals surface area contributed by atoms with Gasteiger partial charge in [-0.3, -0.25) is 0 Å². The zero-order valence-electron chi connectivity index (χ0n) is 13.0. The second-order valence-corrected chi connectivity index (χ2v) is 9.17. The van der Waals surface area contributed by atoms with E-state index in [0.29, 0.717) is 0 Å². The Labute approximate surface area is 147 Å². The lowest BCUT2D eigenvalue weighted by atomic mass is 10.3. The molecule has 5 nitrogen and oxygen atoms in total.